The van der Waals surface area contributed by atoms with Crippen molar-refractivity contribution in [1.29, 1.82) is 0 Å². The lowest BCUT2D eigenvalue weighted by atomic mass is 9.95. The number of carbonyl (C=O) groups excluding carboxylic acids is 1. The summed E-state index contributed by atoms with van der Waals surface area (Å²) in [5, 5.41) is 3.35. The molecule has 0 bridgehead atoms. The van der Waals surface area contributed by atoms with Gasteiger partial charge in [-0.3, -0.25) is 4.79 Å². The van der Waals surface area contributed by atoms with E-state index in [9.17, 15) is 4.79 Å². The number of Topliss-reactive ketones (excluding diaryl/α,β-unsaturated/α-hetero) is 1. The number of benzene rings is 1. The van der Waals surface area contributed by atoms with Crippen molar-refractivity contribution in [3.63, 3.8) is 0 Å². The van der Waals surface area contributed by atoms with Crippen molar-refractivity contribution in [2.24, 2.45) is 0 Å². The number of rotatable bonds is 17. The largest absolute Gasteiger partial charge is 0.383 e. The summed E-state index contributed by atoms with van der Waals surface area (Å²) in [6.07, 6.45) is 7.39. The first-order chi connectivity index (χ1) is 14.1. The maximum atomic E-state index is 12.5. The van der Waals surface area contributed by atoms with Gasteiger partial charge in [-0.15, -0.1) is 12.3 Å². The number of anilines is 1. The van der Waals surface area contributed by atoms with Gasteiger partial charge in [0.15, 0.2) is 5.78 Å². The predicted octanol–water partition coefficient (Wildman–Crippen LogP) is 6.05. The summed E-state index contributed by atoms with van der Waals surface area (Å²) in [4.78, 5) is 12.5. The maximum Gasteiger partial charge on any atom is 0.163 e. The molecule has 0 heterocycles. The second-order valence-electron chi connectivity index (χ2n) is 7.02. The van der Waals surface area contributed by atoms with Crippen LogP contribution in [0.2, 0.25) is 0 Å². The third-order valence-electron chi connectivity index (χ3n) is 4.59. The molecule has 1 aromatic rings. The molecule has 0 atom stereocenters. The van der Waals surface area contributed by atoms with Gasteiger partial charge in [-0.2, -0.15) is 0 Å². The first kappa shape index (κ1) is 24.9. The summed E-state index contributed by atoms with van der Waals surface area (Å²) < 4.78 is 11.2. The first-order valence-corrected chi connectivity index (χ1v) is 10.7. The molecule has 0 amide bonds. The van der Waals surface area contributed by atoms with Gasteiger partial charge < -0.3 is 14.8 Å². The Balaban J connectivity index is 2.32. The fourth-order valence-corrected chi connectivity index (χ4v) is 2.89. The molecule has 0 unspecified atom stereocenters. The lowest BCUT2D eigenvalue weighted by molar-refractivity contribution is 0.0981. The van der Waals surface area contributed by atoms with Gasteiger partial charge in [0.05, 0.1) is 6.61 Å². The highest BCUT2D eigenvalue weighted by atomic mass is 16.5. The molecule has 1 aromatic carbocycles. The molecular weight excluding hydrogens is 362 g/mol. The van der Waals surface area contributed by atoms with Crippen LogP contribution in [-0.2, 0) is 9.47 Å². The molecule has 0 aliphatic carbocycles. The van der Waals surface area contributed by atoms with Gasteiger partial charge in [-0.05, 0) is 62.3 Å². The van der Waals surface area contributed by atoms with E-state index in [0.717, 1.165) is 74.3 Å². The van der Waals surface area contributed by atoms with E-state index in [1.807, 2.05) is 38.1 Å². The molecule has 1 rings (SSSR count). The highest BCUT2D eigenvalue weighted by Crippen LogP contribution is 2.23. The van der Waals surface area contributed by atoms with Gasteiger partial charge in [0.2, 0.25) is 0 Å². The van der Waals surface area contributed by atoms with E-state index >= 15 is 0 Å². The Morgan fingerprint density at radius 2 is 1.83 bits per heavy atom. The fourth-order valence-electron chi connectivity index (χ4n) is 2.89. The third-order valence-corrected chi connectivity index (χ3v) is 4.59. The van der Waals surface area contributed by atoms with E-state index in [0.29, 0.717) is 19.6 Å². The number of carbonyl (C=O) groups is 1. The molecular formula is C25H37NO3. The van der Waals surface area contributed by atoms with Crippen LogP contribution < -0.4 is 5.32 Å². The second-order valence-corrected chi connectivity index (χ2v) is 7.02. The highest BCUT2D eigenvalue weighted by Gasteiger charge is 2.12. The molecule has 0 aliphatic heterocycles. The predicted molar refractivity (Wildman–Crippen MR) is 123 cm³/mol. The van der Waals surface area contributed by atoms with Crippen molar-refractivity contribution in [3.8, 4) is 0 Å². The van der Waals surface area contributed by atoms with Crippen LogP contribution in [0.3, 0.4) is 0 Å². The van der Waals surface area contributed by atoms with Crippen molar-refractivity contribution in [1.82, 2.24) is 0 Å². The molecule has 4 heteroatoms. The molecule has 0 radical (unpaired) electrons. The standard InChI is InChI=1S/C25H37NO3/c1-5-8-16-28-17-10-9-11-18-29-19-15-26-22-13-14-23(21(4)7-3)24(20-22)25(27)12-6-2/h5,13-14,20,26H,1,3,6,8-12,15-19H2,2,4H3. The smallest absolute Gasteiger partial charge is 0.163 e. The number of ether oxygens (including phenoxy) is 2. The minimum atomic E-state index is 0.158. The molecule has 0 saturated carbocycles. The lowest BCUT2D eigenvalue weighted by Gasteiger charge is -2.12. The summed E-state index contributed by atoms with van der Waals surface area (Å²) >= 11 is 0. The van der Waals surface area contributed by atoms with Gasteiger partial charge in [0.25, 0.3) is 0 Å². The summed E-state index contributed by atoms with van der Waals surface area (Å²) in [6.45, 7) is 15.0. The minimum absolute atomic E-state index is 0.158. The van der Waals surface area contributed by atoms with Crippen molar-refractivity contribution in [2.75, 3.05) is 38.3 Å². The molecule has 160 valence electrons. The molecule has 0 spiro atoms. The van der Waals surface area contributed by atoms with E-state index in [2.05, 4.69) is 24.2 Å². The van der Waals surface area contributed by atoms with Gasteiger partial charge in [0.1, 0.15) is 0 Å². The van der Waals surface area contributed by atoms with Crippen LogP contribution in [0.25, 0.3) is 5.57 Å². The first-order valence-electron chi connectivity index (χ1n) is 10.7. The van der Waals surface area contributed by atoms with Gasteiger partial charge >= 0.3 is 0 Å². The number of ketones is 1. The van der Waals surface area contributed by atoms with Crippen LogP contribution in [0, 0.1) is 0 Å². The topological polar surface area (TPSA) is 47.6 Å². The lowest BCUT2D eigenvalue weighted by Crippen LogP contribution is -2.11. The van der Waals surface area contributed by atoms with E-state index in [1.165, 1.54) is 0 Å². The quantitative estimate of drug-likeness (QED) is 0.150. The Hall–Kier alpha value is -2.13. The number of allylic oxidation sites excluding steroid dienone is 1. The molecule has 0 fully saturated rings. The second kappa shape index (κ2) is 15.8. The average Bonchev–Trinajstić information content (AvgIpc) is 2.74. The zero-order valence-electron chi connectivity index (χ0n) is 18.2. The summed E-state index contributed by atoms with van der Waals surface area (Å²) in [5.74, 6) is 0.158. The summed E-state index contributed by atoms with van der Waals surface area (Å²) in [7, 11) is 0. The fraction of sp³-hybridized carbons (Fsp3) is 0.520. The van der Waals surface area contributed by atoms with Crippen LogP contribution in [0.4, 0.5) is 5.69 Å². The molecule has 0 aliphatic rings. The molecule has 4 nitrogen and oxygen atoms in total. The molecule has 0 saturated heterocycles. The number of hydrogen-bond acceptors (Lipinski definition) is 4. The molecule has 29 heavy (non-hydrogen) atoms. The van der Waals surface area contributed by atoms with E-state index in [1.54, 1.807) is 0 Å². The van der Waals surface area contributed by atoms with Crippen molar-refractivity contribution >= 4 is 17.0 Å². The van der Waals surface area contributed by atoms with Crippen LogP contribution in [0.5, 0.6) is 0 Å². The Bertz CT molecular complexity index is 675. The van der Waals surface area contributed by atoms with Crippen molar-refractivity contribution < 1.29 is 14.3 Å². The van der Waals surface area contributed by atoms with E-state index in [-0.39, 0.29) is 5.78 Å². The zero-order valence-corrected chi connectivity index (χ0v) is 18.2. The van der Waals surface area contributed by atoms with E-state index in [4.69, 9.17) is 9.47 Å². The number of hydrogen-bond donors (Lipinski definition) is 1. The van der Waals surface area contributed by atoms with Crippen LogP contribution in [0.15, 0.2) is 43.2 Å². The zero-order chi connectivity index (χ0) is 21.3. The average molecular weight is 400 g/mol. The highest BCUT2D eigenvalue weighted by molar-refractivity contribution is 6.01. The monoisotopic (exact) mass is 399 g/mol. The van der Waals surface area contributed by atoms with Gasteiger partial charge in [0, 0.05) is 44.0 Å². The Kier molecular flexibility index (Phi) is 13.5. The Labute approximate surface area is 176 Å². The molecule has 1 N–H and O–H groups in total. The third kappa shape index (κ3) is 10.3. The molecule has 0 aromatic heterocycles. The minimum Gasteiger partial charge on any atom is -0.383 e. The van der Waals surface area contributed by atoms with Gasteiger partial charge in [-0.1, -0.05) is 25.6 Å². The summed E-state index contributed by atoms with van der Waals surface area (Å²) in [5.41, 5.74) is 6.37. The normalized spacial score (nSPS) is 10.4. The SMILES string of the molecule is C=C=C(C)c1ccc(NCCOCCCCCOCCC=C)cc1C(=O)CCC. The summed E-state index contributed by atoms with van der Waals surface area (Å²) in [6, 6.07) is 5.89. The number of unbranched alkanes of at least 4 members (excludes halogenated alkanes) is 2. The van der Waals surface area contributed by atoms with Crippen LogP contribution in [0.1, 0.15) is 68.3 Å². The Morgan fingerprint density at radius 3 is 2.48 bits per heavy atom. The van der Waals surface area contributed by atoms with Crippen molar-refractivity contribution in [2.45, 2.75) is 52.4 Å². The van der Waals surface area contributed by atoms with E-state index < -0.39 is 0 Å². The van der Waals surface area contributed by atoms with Crippen molar-refractivity contribution in [3.05, 3.63) is 54.3 Å². The Morgan fingerprint density at radius 1 is 1.10 bits per heavy atom. The van der Waals surface area contributed by atoms with Crippen LogP contribution >= 0.6 is 0 Å². The van der Waals surface area contributed by atoms with Gasteiger partial charge in [-0.25, -0.2) is 0 Å². The maximum absolute atomic E-state index is 12.5. The number of nitrogens with one attached hydrogen (secondary N) is 1. The van der Waals surface area contributed by atoms with Crippen LogP contribution in [-0.4, -0.2) is 38.8 Å².